The van der Waals surface area contributed by atoms with Crippen LogP contribution >= 0.6 is 11.3 Å². The number of hydrogen-bond donors (Lipinski definition) is 0. The zero-order valence-corrected chi connectivity index (χ0v) is 24.9. The molecular weight excluding hydrogens is 558 g/mol. The van der Waals surface area contributed by atoms with Crippen LogP contribution in [0.2, 0.25) is 0 Å². The summed E-state index contributed by atoms with van der Waals surface area (Å²) in [4.78, 5) is 59.7. The molecular formula is C31H31N3O7S. The Kier molecular flexibility index (Phi) is 8.13. The Morgan fingerprint density at radius 3 is 2.52 bits per heavy atom. The minimum atomic E-state index is -0.933. The zero-order valence-electron chi connectivity index (χ0n) is 24.1. The molecule has 2 aromatic carbocycles. The lowest BCUT2D eigenvalue weighted by molar-refractivity contribution is -0.139. The number of rotatable bonds is 8. The summed E-state index contributed by atoms with van der Waals surface area (Å²) < 4.78 is 17.8. The first kappa shape index (κ1) is 29.0. The summed E-state index contributed by atoms with van der Waals surface area (Å²) in [6, 6.07) is 11.3. The van der Waals surface area contributed by atoms with Gasteiger partial charge >= 0.3 is 11.9 Å². The Labute approximate surface area is 246 Å². The van der Waals surface area contributed by atoms with Crippen LogP contribution in [0.15, 0.2) is 63.5 Å². The van der Waals surface area contributed by atoms with Crippen molar-refractivity contribution in [2.45, 2.75) is 46.6 Å². The van der Waals surface area contributed by atoms with Gasteiger partial charge in [0.15, 0.2) is 16.3 Å². The standard InChI is InChI=1S/C31H31N3O7S/c1-6-8-15-33-21-12-10-9-11-20(21)25(28(33)36)27-29(37)34-26(19-13-14-22(41-18(4)35)23(16-19)39-5)24(30(38)40-7-2)17(3)32-31(34)42-27/h9-14,16,26H,6-8,15H2,1-5H3. The Bertz CT molecular complexity index is 1820. The lowest BCUT2D eigenvalue weighted by Gasteiger charge is -2.25. The van der Waals surface area contributed by atoms with Gasteiger partial charge in [-0.3, -0.25) is 19.0 Å². The fraction of sp³-hybridized carbons (Fsp3) is 0.323. The molecule has 2 aliphatic heterocycles. The van der Waals surface area contributed by atoms with Gasteiger partial charge in [-0.25, -0.2) is 9.79 Å². The number of ether oxygens (including phenoxy) is 3. The van der Waals surface area contributed by atoms with E-state index in [1.54, 1.807) is 36.9 Å². The van der Waals surface area contributed by atoms with Gasteiger partial charge in [-0.1, -0.05) is 48.9 Å². The highest BCUT2D eigenvalue weighted by Crippen LogP contribution is 2.37. The number of anilines is 1. The molecule has 0 saturated heterocycles. The molecule has 1 unspecified atom stereocenters. The number of esters is 2. The van der Waals surface area contributed by atoms with Crippen molar-refractivity contribution in [3.8, 4) is 11.5 Å². The van der Waals surface area contributed by atoms with Crippen molar-refractivity contribution in [2.75, 3.05) is 25.2 Å². The highest BCUT2D eigenvalue weighted by atomic mass is 32.1. The first-order chi connectivity index (χ1) is 20.2. The summed E-state index contributed by atoms with van der Waals surface area (Å²) in [5.41, 5.74) is 2.42. The predicted octanol–water partition coefficient (Wildman–Crippen LogP) is 3.25. The van der Waals surface area contributed by atoms with E-state index in [9.17, 15) is 19.2 Å². The number of allylic oxidation sites excluding steroid dienone is 1. The van der Waals surface area contributed by atoms with Gasteiger partial charge in [-0.05, 0) is 44.0 Å². The van der Waals surface area contributed by atoms with E-state index in [4.69, 9.17) is 14.2 Å². The number of carbonyl (C=O) groups excluding carboxylic acids is 3. The van der Waals surface area contributed by atoms with Gasteiger partial charge in [-0.2, -0.15) is 0 Å². The van der Waals surface area contributed by atoms with E-state index in [-0.39, 0.29) is 34.1 Å². The molecule has 1 atom stereocenters. The van der Waals surface area contributed by atoms with E-state index in [0.717, 1.165) is 29.9 Å². The van der Waals surface area contributed by atoms with Gasteiger partial charge in [0.05, 0.1) is 42.3 Å². The van der Waals surface area contributed by atoms with Crippen LogP contribution in [-0.2, 0) is 19.1 Å². The number of para-hydroxylation sites is 1. The maximum Gasteiger partial charge on any atom is 0.338 e. The molecule has 0 fully saturated rings. The first-order valence-corrected chi connectivity index (χ1v) is 14.5. The normalized spacial score (nSPS) is 17.0. The second kappa shape index (κ2) is 11.8. The molecule has 1 aromatic heterocycles. The first-order valence-electron chi connectivity index (χ1n) is 13.7. The molecule has 0 radical (unpaired) electrons. The van der Waals surface area contributed by atoms with E-state index in [2.05, 4.69) is 11.9 Å². The summed E-state index contributed by atoms with van der Waals surface area (Å²) in [5, 5.41) is 0. The number of amides is 1. The Hall–Kier alpha value is -4.51. The molecule has 3 aromatic rings. The molecule has 0 saturated carbocycles. The van der Waals surface area contributed by atoms with Crippen molar-refractivity contribution in [1.82, 2.24) is 4.57 Å². The Morgan fingerprint density at radius 1 is 1.07 bits per heavy atom. The van der Waals surface area contributed by atoms with Crippen LogP contribution in [0.3, 0.4) is 0 Å². The fourth-order valence-electron chi connectivity index (χ4n) is 5.29. The van der Waals surface area contributed by atoms with Crippen molar-refractivity contribution in [3.63, 3.8) is 0 Å². The summed E-state index contributed by atoms with van der Waals surface area (Å²) in [7, 11) is 1.43. The third-order valence-corrected chi connectivity index (χ3v) is 8.19. The maximum absolute atomic E-state index is 14.3. The lowest BCUT2D eigenvalue weighted by Crippen LogP contribution is -2.41. The summed E-state index contributed by atoms with van der Waals surface area (Å²) in [6.45, 7) is 7.39. The topological polar surface area (TPSA) is 117 Å². The third-order valence-electron chi connectivity index (χ3n) is 7.14. The Balaban J connectivity index is 1.77. The molecule has 10 nitrogen and oxygen atoms in total. The van der Waals surface area contributed by atoms with Gasteiger partial charge in [0.1, 0.15) is 4.53 Å². The van der Waals surface area contributed by atoms with Crippen molar-refractivity contribution in [3.05, 3.63) is 84.5 Å². The van der Waals surface area contributed by atoms with Crippen LogP contribution in [0.1, 0.15) is 57.7 Å². The molecule has 0 N–H and O–H groups in total. The van der Waals surface area contributed by atoms with Crippen molar-refractivity contribution in [1.29, 1.82) is 0 Å². The van der Waals surface area contributed by atoms with Crippen LogP contribution in [0.5, 0.6) is 11.5 Å². The lowest BCUT2D eigenvalue weighted by atomic mass is 9.95. The van der Waals surface area contributed by atoms with Crippen LogP contribution in [0.25, 0.3) is 5.57 Å². The van der Waals surface area contributed by atoms with E-state index in [1.165, 1.54) is 18.6 Å². The summed E-state index contributed by atoms with van der Waals surface area (Å²) >= 11 is 1.12. The average Bonchev–Trinajstić information content (AvgIpc) is 3.43. The number of unbranched alkanes of at least 4 members (excludes halogenated alkanes) is 1. The van der Waals surface area contributed by atoms with Crippen LogP contribution in [0, 0.1) is 0 Å². The predicted molar refractivity (Wildman–Crippen MR) is 157 cm³/mol. The van der Waals surface area contributed by atoms with Crippen molar-refractivity contribution >= 4 is 40.4 Å². The van der Waals surface area contributed by atoms with Gasteiger partial charge in [0, 0.05) is 19.0 Å². The number of aromatic nitrogens is 1. The fourth-order valence-corrected chi connectivity index (χ4v) is 6.43. The third kappa shape index (κ3) is 4.94. The number of methoxy groups -OCH3 is 1. The number of thiazole rings is 1. The molecule has 0 aliphatic carbocycles. The van der Waals surface area contributed by atoms with Gasteiger partial charge in [-0.15, -0.1) is 0 Å². The minimum Gasteiger partial charge on any atom is -0.493 e. The second-order valence-corrected chi connectivity index (χ2v) is 10.8. The number of nitrogens with zero attached hydrogens (tertiary/aromatic N) is 3. The van der Waals surface area contributed by atoms with Crippen LogP contribution in [-0.4, -0.2) is 42.7 Å². The van der Waals surface area contributed by atoms with E-state index in [1.807, 2.05) is 24.3 Å². The van der Waals surface area contributed by atoms with Crippen LogP contribution in [0.4, 0.5) is 5.69 Å². The van der Waals surface area contributed by atoms with Gasteiger partial charge in [0.25, 0.3) is 11.5 Å². The number of fused-ring (bicyclic) bond motifs is 2. The summed E-state index contributed by atoms with van der Waals surface area (Å²) in [5.74, 6) is -0.926. The Morgan fingerprint density at radius 2 is 1.83 bits per heavy atom. The number of hydrogen-bond acceptors (Lipinski definition) is 9. The van der Waals surface area contributed by atoms with Crippen LogP contribution < -0.4 is 29.3 Å². The second-order valence-electron chi connectivity index (χ2n) is 9.83. The van der Waals surface area contributed by atoms with E-state index < -0.39 is 23.5 Å². The summed E-state index contributed by atoms with van der Waals surface area (Å²) in [6.07, 6.45) is 1.74. The molecule has 11 heteroatoms. The van der Waals surface area contributed by atoms with E-state index >= 15 is 0 Å². The van der Waals surface area contributed by atoms with Crippen molar-refractivity contribution in [2.24, 2.45) is 4.99 Å². The number of carbonyl (C=O) groups is 3. The molecule has 0 bridgehead atoms. The highest BCUT2D eigenvalue weighted by Gasteiger charge is 2.37. The van der Waals surface area contributed by atoms with Crippen molar-refractivity contribution < 1.29 is 28.6 Å². The SMILES string of the molecule is CCCCN1C(=O)C(=c2sc3n(c2=O)C(c2ccc(OC(C)=O)c(OC)c2)C(C(=O)OCC)=C(C)N=3)c2ccccc21. The molecule has 0 spiro atoms. The minimum absolute atomic E-state index is 0.129. The molecule has 218 valence electrons. The van der Waals surface area contributed by atoms with Gasteiger partial charge < -0.3 is 19.1 Å². The molecule has 42 heavy (non-hydrogen) atoms. The number of benzene rings is 2. The molecule has 3 heterocycles. The smallest absolute Gasteiger partial charge is 0.338 e. The average molecular weight is 590 g/mol. The van der Waals surface area contributed by atoms with Gasteiger partial charge in [0.2, 0.25) is 0 Å². The molecule has 1 amide bonds. The zero-order chi connectivity index (χ0) is 30.1. The maximum atomic E-state index is 14.3. The molecule has 5 rings (SSSR count). The quantitative estimate of drug-likeness (QED) is 0.293. The van der Waals surface area contributed by atoms with E-state index in [0.29, 0.717) is 33.7 Å². The highest BCUT2D eigenvalue weighted by molar-refractivity contribution is 7.07. The molecule has 2 aliphatic rings. The largest absolute Gasteiger partial charge is 0.493 e. The monoisotopic (exact) mass is 589 g/mol.